The third-order valence-corrected chi connectivity index (χ3v) is 5.33. The number of anilines is 1. The summed E-state index contributed by atoms with van der Waals surface area (Å²) in [5.41, 5.74) is 1.00. The maximum Gasteiger partial charge on any atom is 0.417 e. The minimum absolute atomic E-state index is 0.160. The summed E-state index contributed by atoms with van der Waals surface area (Å²) in [7, 11) is 0. The number of thiazole rings is 1. The lowest BCUT2D eigenvalue weighted by Gasteiger charge is -2.10. The smallest absolute Gasteiger partial charge is 0.360 e. The van der Waals surface area contributed by atoms with Crippen molar-refractivity contribution in [3.05, 3.63) is 74.1 Å². The number of allylic oxidation sites excluding steroid dienone is 1. The molecule has 3 aromatic rings. The first-order valence-electron chi connectivity index (χ1n) is 7.73. The standard InChI is InChI=1S/C19H10BrClF3N3S/c20-13-3-1-2-11(6-13)17-10-28-18(27-17)12(8-25)9-26-14-4-5-16(21)15(7-14)19(22,23)24/h1-7,9-10,26H/b12-9-. The van der Waals surface area contributed by atoms with Crippen LogP contribution in [0, 0.1) is 11.3 Å². The van der Waals surface area contributed by atoms with Gasteiger partial charge in [-0.15, -0.1) is 11.3 Å². The van der Waals surface area contributed by atoms with E-state index in [1.54, 1.807) is 0 Å². The summed E-state index contributed by atoms with van der Waals surface area (Å²) in [6.45, 7) is 0. The van der Waals surface area contributed by atoms with Crippen molar-refractivity contribution in [2.75, 3.05) is 5.32 Å². The summed E-state index contributed by atoms with van der Waals surface area (Å²) in [5, 5.41) is 14.0. The fourth-order valence-corrected chi connectivity index (χ4v) is 3.73. The first-order valence-corrected chi connectivity index (χ1v) is 9.78. The van der Waals surface area contributed by atoms with E-state index >= 15 is 0 Å². The molecule has 0 fully saturated rings. The number of benzene rings is 2. The second-order valence-electron chi connectivity index (χ2n) is 5.55. The SMILES string of the molecule is N#C/C(=C/Nc1ccc(Cl)c(C(F)(F)F)c1)c1nc(-c2cccc(Br)c2)cs1. The highest BCUT2D eigenvalue weighted by Gasteiger charge is 2.33. The van der Waals surface area contributed by atoms with Gasteiger partial charge < -0.3 is 5.32 Å². The van der Waals surface area contributed by atoms with Gasteiger partial charge in [-0.3, -0.25) is 0 Å². The van der Waals surface area contributed by atoms with E-state index < -0.39 is 11.7 Å². The van der Waals surface area contributed by atoms with Gasteiger partial charge in [-0.05, 0) is 30.3 Å². The van der Waals surface area contributed by atoms with Crippen LogP contribution in [-0.2, 0) is 6.18 Å². The van der Waals surface area contributed by atoms with E-state index in [0.29, 0.717) is 10.7 Å². The zero-order valence-electron chi connectivity index (χ0n) is 13.9. The molecule has 28 heavy (non-hydrogen) atoms. The largest absolute Gasteiger partial charge is 0.417 e. The molecule has 142 valence electrons. The highest BCUT2D eigenvalue weighted by atomic mass is 79.9. The number of nitriles is 1. The number of rotatable bonds is 4. The van der Waals surface area contributed by atoms with Gasteiger partial charge in [0.2, 0.25) is 0 Å². The van der Waals surface area contributed by atoms with Crippen LogP contribution in [0.5, 0.6) is 0 Å². The first kappa shape index (κ1) is 20.4. The maximum absolute atomic E-state index is 13.0. The number of aromatic nitrogens is 1. The van der Waals surface area contributed by atoms with Crippen molar-refractivity contribution in [1.29, 1.82) is 5.26 Å². The quantitative estimate of drug-likeness (QED) is 0.398. The molecule has 9 heteroatoms. The summed E-state index contributed by atoms with van der Waals surface area (Å²) in [6.07, 6.45) is -3.24. The fourth-order valence-electron chi connectivity index (χ4n) is 2.31. The average Bonchev–Trinajstić information content (AvgIpc) is 3.12. The topological polar surface area (TPSA) is 48.7 Å². The van der Waals surface area contributed by atoms with Crippen LogP contribution < -0.4 is 5.32 Å². The minimum Gasteiger partial charge on any atom is -0.360 e. The van der Waals surface area contributed by atoms with E-state index in [-0.39, 0.29) is 16.3 Å². The van der Waals surface area contributed by atoms with Crippen LogP contribution >= 0.6 is 38.9 Å². The van der Waals surface area contributed by atoms with Crippen LogP contribution in [0.25, 0.3) is 16.8 Å². The molecule has 0 saturated carbocycles. The van der Waals surface area contributed by atoms with Crippen LogP contribution in [0.4, 0.5) is 18.9 Å². The van der Waals surface area contributed by atoms with Gasteiger partial charge in [0.15, 0.2) is 0 Å². The van der Waals surface area contributed by atoms with Gasteiger partial charge in [0.05, 0.1) is 16.3 Å². The van der Waals surface area contributed by atoms with Gasteiger partial charge in [0.25, 0.3) is 0 Å². The molecule has 0 radical (unpaired) electrons. The Morgan fingerprint density at radius 3 is 2.71 bits per heavy atom. The molecule has 0 aliphatic carbocycles. The molecule has 0 aliphatic rings. The number of hydrogen-bond acceptors (Lipinski definition) is 4. The molecule has 0 atom stereocenters. The number of halogens is 5. The Morgan fingerprint density at radius 2 is 2.04 bits per heavy atom. The third kappa shape index (κ3) is 4.73. The van der Waals surface area contributed by atoms with Gasteiger partial charge in [-0.1, -0.05) is 39.7 Å². The summed E-state index contributed by atoms with van der Waals surface area (Å²) >= 11 is 10.3. The van der Waals surface area contributed by atoms with E-state index in [2.05, 4.69) is 26.2 Å². The van der Waals surface area contributed by atoms with Crippen LogP contribution in [0.1, 0.15) is 10.6 Å². The van der Waals surface area contributed by atoms with Crippen molar-refractivity contribution in [2.24, 2.45) is 0 Å². The minimum atomic E-state index is -4.56. The molecule has 0 aliphatic heterocycles. The summed E-state index contributed by atoms with van der Waals surface area (Å²) in [5.74, 6) is 0. The lowest BCUT2D eigenvalue weighted by Crippen LogP contribution is -2.06. The van der Waals surface area contributed by atoms with E-state index in [1.165, 1.54) is 23.6 Å². The summed E-state index contributed by atoms with van der Waals surface area (Å²) in [6, 6.07) is 13.0. The second kappa shape index (κ2) is 8.35. The Hall–Kier alpha value is -2.34. The van der Waals surface area contributed by atoms with Crippen LogP contribution in [-0.4, -0.2) is 4.98 Å². The predicted octanol–water partition coefficient (Wildman–Crippen LogP) is 7.22. The van der Waals surface area contributed by atoms with Gasteiger partial charge in [-0.25, -0.2) is 4.98 Å². The molecule has 0 bridgehead atoms. The fraction of sp³-hybridized carbons (Fsp3) is 0.0526. The Morgan fingerprint density at radius 1 is 1.25 bits per heavy atom. The maximum atomic E-state index is 13.0. The van der Waals surface area contributed by atoms with E-state index in [4.69, 9.17) is 11.6 Å². The highest BCUT2D eigenvalue weighted by molar-refractivity contribution is 9.10. The van der Waals surface area contributed by atoms with Crippen molar-refractivity contribution in [2.45, 2.75) is 6.18 Å². The third-order valence-electron chi connectivity index (χ3n) is 3.63. The average molecular weight is 485 g/mol. The highest BCUT2D eigenvalue weighted by Crippen LogP contribution is 2.36. The first-order chi connectivity index (χ1) is 13.3. The van der Waals surface area contributed by atoms with Crippen molar-refractivity contribution in [3.63, 3.8) is 0 Å². The second-order valence-corrected chi connectivity index (χ2v) is 7.74. The lowest BCUT2D eigenvalue weighted by molar-refractivity contribution is -0.137. The molecule has 3 nitrogen and oxygen atoms in total. The monoisotopic (exact) mass is 483 g/mol. The number of alkyl halides is 3. The van der Waals surface area contributed by atoms with Gasteiger partial charge in [-0.2, -0.15) is 18.4 Å². The molecule has 0 saturated heterocycles. The van der Waals surface area contributed by atoms with E-state index in [9.17, 15) is 18.4 Å². The van der Waals surface area contributed by atoms with Crippen molar-refractivity contribution < 1.29 is 13.2 Å². The van der Waals surface area contributed by atoms with Gasteiger partial charge >= 0.3 is 6.18 Å². The molecule has 0 amide bonds. The Kier molecular flexibility index (Phi) is 6.08. The van der Waals surface area contributed by atoms with E-state index in [0.717, 1.165) is 22.2 Å². The van der Waals surface area contributed by atoms with Gasteiger partial charge in [0.1, 0.15) is 16.6 Å². The molecular formula is C19H10BrClF3N3S. The molecular weight excluding hydrogens is 475 g/mol. The van der Waals surface area contributed by atoms with E-state index in [1.807, 2.05) is 35.7 Å². The molecule has 1 heterocycles. The number of hydrogen-bond donors (Lipinski definition) is 1. The molecule has 1 N–H and O–H groups in total. The summed E-state index contributed by atoms with van der Waals surface area (Å²) < 4.78 is 39.8. The number of nitrogens with zero attached hydrogens (tertiary/aromatic N) is 2. The van der Waals surface area contributed by atoms with Crippen LogP contribution in [0.3, 0.4) is 0 Å². The van der Waals surface area contributed by atoms with Crippen LogP contribution in [0.2, 0.25) is 5.02 Å². The summed E-state index contributed by atoms with van der Waals surface area (Å²) in [4.78, 5) is 4.44. The molecule has 3 rings (SSSR count). The van der Waals surface area contributed by atoms with Crippen LogP contribution in [0.15, 0.2) is 58.5 Å². The van der Waals surface area contributed by atoms with Crippen molar-refractivity contribution in [1.82, 2.24) is 4.98 Å². The van der Waals surface area contributed by atoms with Crippen molar-refractivity contribution >= 4 is 50.1 Å². The Bertz CT molecular complexity index is 1090. The van der Waals surface area contributed by atoms with Crippen molar-refractivity contribution in [3.8, 4) is 17.3 Å². The molecule has 2 aromatic carbocycles. The molecule has 0 spiro atoms. The zero-order valence-corrected chi connectivity index (χ0v) is 17.0. The number of nitrogens with one attached hydrogen (secondary N) is 1. The zero-order chi connectivity index (χ0) is 20.3. The molecule has 1 aromatic heterocycles. The molecule has 0 unspecified atom stereocenters. The Labute approximate surface area is 176 Å². The predicted molar refractivity (Wildman–Crippen MR) is 109 cm³/mol. The van der Waals surface area contributed by atoms with Gasteiger partial charge in [0, 0.05) is 27.3 Å². The Balaban J connectivity index is 1.85. The lowest BCUT2D eigenvalue weighted by atomic mass is 10.2. The normalized spacial score (nSPS) is 11.9.